The average Bonchev–Trinajstić information content (AvgIpc) is 3.27. The maximum absolute atomic E-state index is 13.2. The second-order valence-corrected chi connectivity index (χ2v) is 7.59. The average molecular weight is 396 g/mol. The number of carbonyl (C=O) groups is 1. The van der Waals surface area contributed by atoms with E-state index in [1.165, 1.54) is 0 Å². The molecule has 154 valence electrons. The zero-order valence-electron chi connectivity index (χ0n) is 16.7. The molecular formula is C22H28N4O3. The van der Waals surface area contributed by atoms with Gasteiger partial charge in [0.2, 0.25) is 5.91 Å². The van der Waals surface area contributed by atoms with Gasteiger partial charge in [-0.1, -0.05) is 12.1 Å². The van der Waals surface area contributed by atoms with Gasteiger partial charge < -0.3 is 14.4 Å². The first-order valence-electron chi connectivity index (χ1n) is 10.2. The van der Waals surface area contributed by atoms with Gasteiger partial charge in [-0.3, -0.25) is 15.2 Å². The summed E-state index contributed by atoms with van der Waals surface area (Å²) in [6.45, 7) is 1.28. The lowest BCUT2D eigenvalue weighted by atomic mass is 9.95. The minimum absolute atomic E-state index is 0.0665. The lowest BCUT2D eigenvalue weighted by Gasteiger charge is -2.37. The third-order valence-electron chi connectivity index (χ3n) is 5.63. The minimum Gasteiger partial charge on any atom is -0.497 e. The summed E-state index contributed by atoms with van der Waals surface area (Å²) in [6, 6.07) is 11.5. The molecule has 0 radical (unpaired) electrons. The highest BCUT2D eigenvalue weighted by Crippen LogP contribution is 2.31. The highest BCUT2D eigenvalue weighted by Gasteiger charge is 2.36. The van der Waals surface area contributed by atoms with E-state index in [1.807, 2.05) is 41.4 Å². The number of hydrazine groups is 1. The molecule has 0 saturated carbocycles. The van der Waals surface area contributed by atoms with Gasteiger partial charge in [-0.15, -0.1) is 0 Å². The van der Waals surface area contributed by atoms with Crippen LogP contribution in [0.3, 0.4) is 0 Å². The number of nitrogens with one attached hydrogen (secondary N) is 2. The largest absolute Gasteiger partial charge is 0.497 e. The number of carbonyl (C=O) groups excluding carboxylic acids is 1. The van der Waals surface area contributed by atoms with Crippen LogP contribution in [-0.2, 0) is 4.79 Å². The Morgan fingerprint density at radius 2 is 2.10 bits per heavy atom. The van der Waals surface area contributed by atoms with Crippen molar-refractivity contribution in [3.63, 3.8) is 0 Å². The Kier molecular flexibility index (Phi) is 6.27. The number of methoxy groups -OCH3 is 1. The highest BCUT2D eigenvalue weighted by molar-refractivity contribution is 5.82. The number of hydrogen-bond donors (Lipinski definition) is 2. The maximum atomic E-state index is 13.2. The van der Waals surface area contributed by atoms with Crippen molar-refractivity contribution in [1.82, 2.24) is 20.7 Å². The molecule has 7 nitrogen and oxygen atoms in total. The minimum atomic E-state index is -0.244. The van der Waals surface area contributed by atoms with E-state index in [-0.39, 0.29) is 24.0 Å². The molecule has 3 heterocycles. The highest BCUT2D eigenvalue weighted by atomic mass is 16.5. The first-order valence-corrected chi connectivity index (χ1v) is 10.2. The van der Waals surface area contributed by atoms with Crippen molar-refractivity contribution < 1.29 is 14.3 Å². The van der Waals surface area contributed by atoms with Gasteiger partial charge in [0.15, 0.2) is 0 Å². The van der Waals surface area contributed by atoms with Crippen molar-refractivity contribution in [2.24, 2.45) is 0 Å². The standard InChI is InChI=1S/C22H28N4O3/c1-28-18-7-4-8-19(13-18)29-15-17-12-20(25-24-17)22(27)26-11-3-2-9-21(26)16-6-5-10-23-14-16/h4-8,10,13-14,17,20-21,24-25H,2-3,9,11-12,15H2,1H3. The monoisotopic (exact) mass is 396 g/mol. The Morgan fingerprint density at radius 3 is 2.93 bits per heavy atom. The van der Waals surface area contributed by atoms with E-state index in [2.05, 4.69) is 21.9 Å². The topological polar surface area (TPSA) is 75.7 Å². The summed E-state index contributed by atoms with van der Waals surface area (Å²) in [5.41, 5.74) is 7.50. The van der Waals surface area contributed by atoms with Crippen LogP contribution in [0.1, 0.15) is 37.3 Å². The predicted molar refractivity (Wildman–Crippen MR) is 109 cm³/mol. The summed E-state index contributed by atoms with van der Waals surface area (Å²) in [6.07, 6.45) is 7.51. The van der Waals surface area contributed by atoms with Gasteiger partial charge in [0, 0.05) is 25.0 Å². The van der Waals surface area contributed by atoms with Crippen LogP contribution < -0.4 is 20.3 Å². The number of rotatable bonds is 6. The van der Waals surface area contributed by atoms with Crippen LogP contribution in [0.15, 0.2) is 48.8 Å². The fourth-order valence-corrected chi connectivity index (χ4v) is 4.10. The van der Waals surface area contributed by atoms with Gasteiger partial charge in [0.25, 0.3) is 0 Å². The summed E-state index contributed by atoms with van der Waals surface area (Å²) in [4.78, 5) is 19.5. The van der Waals surface area contributed by atoms with Gasteiger partial charge >= 0.3 is 0 Å². The first-order chi connectivity index (χ1) is 14.2. The molecule has 0 spiro atoms. The van der Waals surface area contributed by atoms with E-state index < -0.39 is 0 Å². The quantitative estimate of drug-likeness (QED) is 0.781. The Bertz CT molecular complexity index is 817. The molecule has 4 rings (SSSR count). The molecule has 0 bridgehead atoms. The lowest BCUT2D eigenvalue weighted by molar-refractivity contribution is -0.137. The molecule has 29 heavy (non-hydrogen) atoms. The van der Waals surface area contributed by atoms with Crippen LogP contribution in [0.25, 0.3) is 0 Å². The van der Waals surface area contributed by atoms with Crippen LogP contribution in [0, 0.1) is 0 Å². The van der Waals surface area contributed by atoms with Crippen molar-refractivity contribution in [3.05, 3.63) is 54.4 Å². The normalized spacial score (nSPS) is 24.3. The smallest absolute Gasteiger partial charge is 0.241 e. The van der Waals surface area contributed by atoms with Crippen LogP contribution in [0.5, 0.6) is 11.5 Å². The number of nitrogens with zero attached hydrogens (tertiary/aromatic N) is 2. The molecule has 0 aliphatic carbocycles. The van der Waals surface area contributed by atoms with Gasteiger partial charge in [-0.2, -0.15) is 0 Å². The fraction of sp³-hybridized carbons (Fsp3) is 0.455. The lowest BCUT2D eigenvalue weighted by Crippen LogP contribution is -2.48. The SMILES string of the molecule is COc1cccc(OCC2CC(C(=O)N3CCCCC3c3cccnc3)NN2)c1. The molecule has 2 fully saturated rings. The number of benzene rings is 1. The number of hydrogen-bond acceptors (Lipinski definition) is 6. The van der Waals surface area contributed by atoms with E-state index in [0.717, 1.165) is 42.9 Å². The number of pyridine rings is 1. The zero-order chi connectivity index (χ0) is 20.1. The molecular weight excluding hydrogens is 368 g/mol. The molecule has 3 unspecified atom stereocenters. The van der Waals surface area contributed by atoms with E-state index in [9.17, 15) is 4.79 Å². The Morgan fingerprint density at radius 1 is 1.21 bits per heavy atom. The second-order valence-electron chi connectivity index (χ2n) is 7.59. The maximum Gasteiger partial charge on any atom is 0.241 e. The number of likely N-dealkylation sites (tertiary alicyclic amines) is 1. The zero-order valence-corrected chi connectivity index (χ0v) is 16.7. The van der Waals surface area contributed by atoms with E-state index in [0.29, 0.717) is 13.0 Å². The van der Waals surface area contributed by atoms with Crippen LogP contribution >= 0.6 is 0 Å². The Labute approximate surface area is 171 Å². The predicted octanol–water partition coefficient (Wildman–Crippen LogP) is 2.46. The summed E-state index contributed by atoms with van der Waals surface area (Å²) >= 11 is 0. The van der Waals surface area contributed by atoms with E-state index in [4.69, 9.17) is 9.47 Å². The van der Waals surface area contributed by atoms with Gasteiger partial charge in [-0.05, 0) is 49.4 Å². The van der Waals surface area contributed by atoms with Crippen molar-refractivity contribution in [1.29, 1.82) is 0 Å². The first kappa shape index (κ1) is 19.7. The molecule has 1 aromatic carbocycles. The molecule has 2 saturated heterocycles. The molecule has 2 aliphatic rings. The molecule has 2 aliphatic heterocycles. The number of aromatic nitrogens is 1. The van der Waals surface area contributed by atoms with Crippen molar-refractivity contribution >= 4 is 5.91 Å². The molecule has 3 atom stereocenters. The summed E-state index contributed by atoms with van der Waals surface area (Å²) < 4.78 is 11.1. The number of amides is 1. The molecule has 2 N–H and O–H groups in total. The number of ether oxygens (including phenoxy) is 2. The van der Waals surface area contributed by atoms with E-state index >= 15 is 0 Å². The van der Waals surface area contributed by atoms with Gasteiger partial charge in [0.1, 0.15) is 24.1 Å². The van der Waals surface area contributed by atoms with Crippen molar-refractivity contribution in [2.75, 3.05) is 20.3 Å². The van der Waals surface area contributed by atoms with Crippen molar-refractivity contribution in [2.45, 2.75) is 43.8 Å². The summed E-state index contributed by atoms with van der Waals surface area (Å²) in [5.74, 6) is 1.67. The van der Waals surface area contributed by atoms with Crippen LogP contribution in [0.4, 0.5) is 0 Å². The summed E-state index contributed by atoms with van der Waals surface area (Å²) in [7, 11) is 1.64. The third kappa shape index (κ3) is 4.68. The molecule has 7 heteroatoms. The molecule has 1 aromatic heterocycles. The van der Waals surface area contributed by atoms with Gasteiger partial charge in [0.05, 0.1) is 19.2 Å². The van der Waals surface area contributed by atoms with Crippen LogP contribution in [-0.4, -0.2) is 48.1 Å². The Hall–Kier alpha value is -2.64. The Balaban J connectivity index is 1.34. The van der Waals surface area contributed by atoms with Crippen molar-refractivity contribution in [3.8, 4) is 11.5 Å². The van der Waals surface area contributed by atoms with Gasteiger partial charge in [-0.25, -0.2) is 5.43 Å². The molecule has 1 amide bonds. The second kappa shape index (κ2) is 9.24. The molecule has 2 aromatic rings. The van der Waals surface area contributed by atoms with Crippen LogP contribution in [0.2, 0.25) is 0 Å². The van der Waals surface area contributed by atoms with E-state index in [1.54, 1.807) is 13.3 Å². The summed E-state index contributed by atoms with van der Waals surface area (Å²) in [5, 5.41) is 0. The third-order valence-corrected chi connectivity index (χ3v) is 5.63. The fourth-order valence-electron chi connectivity index (χ4n) is 4.10. The number of piperidine rings is 1.